The van der Waals surface area contributed by atoms with Gasteiger partial charge in [0.1, 0.15) is 79.9 Å². The van der Waals surface area contributed by atoms with Crippen molar-refractivity contribution in [2.75, 3.05) is 25.0 Å². The zero-order chi connectivity index (χ0) is 53.9. The molecule has 77 heavy (non-hydrogen) atoms. The third-order valence-corrected chi connectivity index (χ3v) is 25.3. The first kappa shape index (κ1) is 68.8. The molecule has 0 saturated carbocycles. The van der Waals surface area contributed by atoms with E-state index in [1.165, 1.54) is 72.6 Å². The number of ketones is 1. The SMILES string of the molecule is CC(C)=O.CCOCC.F[B-](F)(F)F.[Cu+].[Cu+].[Se-]c1ccccc1.c1ccc([PH+](C[PH+](c2ccccc2)c2ccccc2)c2ccccc2)cc1.c1ccc([PH+](C[PH+](c2ccccc2)c2ccccc2)c2ccccc2)cc1. The molecule has 14 heteroatoms. The molecular weight excluding hydrogens is 1210 g/mol. The van der Waals surface area contributed by atoms with Crippen molar-refractivity contribution in [2.24, 2.45) is 0 Å². The van der Waals surface area contributed by atoms with Gasteiger partial charge in [-0.05, 0) is 125 Å². The Morgan fingerprint density at radius 1 is 0.351 bits per heavy atom. The molecule has 2 nitrogen and oxygen atoms in total. The van der Waals surface area contributed by atoms with E-state index in [4.69, 9.17) is 4.74 Å². The fourth-order valence-corrected chi connectivity index (χ4v) is 23.4. The van der Waals surface area contributed by atoms with E-state index in [1.807, 2.05) is 44.2 Å². The number of hydrogen-bond acceptors (Lipinski definition) is 2. The number of Topliss-reactive ketones (excluding diaryl/α,β-unsaturated/α-hetero) is 1. The van der Waals surface area contributed by atoms with Gasteiger partial charge in [-0.1, -0.05) is 146 Å². The van der Waals surface area contributed by atoms with Crippen molar-refractivity contribution in [2.45, 2.75) is 27.7 Å². The predicted molar refractivity (Wildman–Crippen MR) is 332 cm³/mol. The maximum absolute atomic E-state index is 9.75. The van der Waals surface area contributed by atoms with Crippen molar-refractivity contribution in [3.8, 4) is 0 Å². The number of benzene rings is 9. The fraction of sp³-hybridized carbons (Fsp3) is 0.127. The quantitative estimate of drug-likeness (QED) is 0.0616. The van der Waals surface area contributed by atoms with Crippen LogP contribution in [0.2, 0.25) is 0 Å². The maximum Gasteiger partial charge on any atom is 0.174 e. The molecule has 0 saturated heterocycles. The van der Waals surface area contributed by atoms with Gasteiger partial charge >= 0.3 is 92.2 Å². The first-order valence-corrected chi connectivity index (χ1v) is 32.6. The van der Waals surface area contributed by atoms with Crippen molar-refractivity contribution in [3.63, 3.8) is 0 Å². The molecule has 0 unspecified atom stereocenters. The van der Waals surface area contributed by atoms with Gasteiger partial charge in [0.05, 0.1) is 0 Å². The monoisotopic (exact) mass is 1270 g/mol. The van der Waals surface area contributed by atoms with Gasteiger partial charge in [-0.25, -0.2) is 0 Å². The van der Waals surface area contributed by atoms with Crippen LogP contribution in [0.5, 0.6) is 0 Å². The molecule has 0 N–H and O–H groups in total. The second kappa shape index (κ2) is 40.8. The van der Waals surface area contributed by atoms with E-state index in [-0.39, 0.29) is 39.9 Å². The van der Waals surface area contributed by atoms with E-state index in [1.54, 1.807) is 0 Å². The van der Waals surface area contributed by atoms with E-state index in [0.29, 0.717) is 0 Å². The van der Waals surface area contributed by atoms with Crippen molar-refractivity contribution in [1.82, 2.24) is 0 Å². The van der Waals surface area contributed by atoms with Crippen molar-refractivity contribution in [3.05, 3.63) is 273 Å². The number of hydrogen-bond donors (Lipinski definition) is 0. The third kappa shape index (κ3) is 28.9. The summed E-state index contributed by atoms with van der Waals surface area (Å²) < 4.78 is 45.0. The van der Waals surface area contributed by atoms with Crippen LogP contribution < -0.4 is 46.9 Å². The zero-order valence-electron chi connectivity index (χ0n) is 43.7. The van der Waals surface area contributed by atoms with Crippen molar-refractivity contribution < 1.29 is 60.9 Å². The van der Waals surface area contributed by atoms with Gasteiger partial charge in [0.15, 0.2) is 11.8 Å². The van der Waals surface area contributed by atoms with Crippen LogP contribution in [-0.4, -0.2) is 54.1 Å². The van der Waals surface area contributed by atoms with Crippen molar-refractivity contribution in [1.29, 1.82) is 0 Å². The van der Waals surface area contributed by atoms with Crippen LogP contribution in [0.15, 0.2) is 273 Å². The van der Waals surface area contributed by atoms with Gasteiger partial charge in [-0.15, -0.1) is 0 Å². The van der Waals surface area contributed by atoms with Crippen LogP contribution >= 0.6 is 31.7 Å². The van der Waals surface area contributed by atoms with Gasteiger partial charge in [0, 0.05) is 13.2 Å². The van der Waals surface area contributed by atoms with E-state index >= 15 is 0 Å². The molecule has 0 aliphatic rings. The molecule has 9 rings (SSSR count). The smallest absolute Gasteiger partial charge is 0.0620 e. The molecule has 0 aliphatic heterocycles. The van der Waals surface area contributed by atoms with E-state index in [2.05, 4.69) is 259 Å². The Balaban J connectivity index is 0.000000378. The number of halogens is 4. The zero-order valence-corrected chi connectivity index (χ0v) is 51.3. The largest absolute Gasteiger partial charge is 0.174 e. The topological polar surface area (TPSA) is 26.3 Å². The minimum atomic E-state index is -6.00. The summed E-state index contributed by atoms with van der Waals surface area (Å²) in [5.41, 5.74) is 0. The summed E-state index contributed by atoms with van der Waals surface area (Å²) in [6.45, 7) is 8.72. The van der Waals surface area contributed by atoms with Gasteiger partial charge in [0.25, 0.3) is 0 Å². The number of carbonyl (C=O) groups is 1. The second-order valence-corrected chi connectivity index (χ2v) is 29.0. The first-order chi connectivity index (χ1) is 36.4. The number of carbonyl (C=O) groups excluding carboxylic acids is 1. The minimum Gasteiger partial charge on any atom is -0.0620 e. The summed E-state index contributed by atoms with van der Waals surface area (Å²) in [7, 11) is -9.39. The Morgan fingerprint density at radius 3 is 0.571 bits per heavy atom. The van der Waals surface area contributed by atoms with Gasteiger partial charge in [-0.2, -0.15) is 0 Å². The summed E-state index contributed by atoms with van der Waals surface area (Å²) in [6, 6.07) is 99.0. The van der Waals surface area contributed by atoms with E-state index < -0.39 is 38.9 Å². The molecule has 0 aromatic heterocycles. The molecule has 408 valence electrons. The van der Waals surface area contributed by atoms with Gasteiger partial charge in [-0.3, -0.25) is 0 Å². The average molecular weight is 1270 g/mol. The Morgan fingerprint density at radius 2 is 0.481 bits per heavy atom. The fourth-order valence-electron chi connectivity index (χ4n) is 7.58. The predicted octanol–water partition coefficient (Wildman–Crippen LogP) is 12.8. The van der Waals surface area contributed by atoms with Crippen LogP contribution in [0.3, 0.4) is 0 Å². The summed E-state index contributed by atoms with van der Waals surface area (Å²) in [5.74, 6) is 2.66. The first-order valence-electron chi connectivity index (χ1n) is 24.9. The molecule has 0 radical (unpaired) electrons. The minimum absolute atomic E-state index is 0. The van der Waals surface area contributed by atoms with Crippen LogP contribution in [0.4, 0.5) is 17.3 Å². The van der Waals surface area contributed by atoms with Crippen molar-refractivity contribution >= 4 is 108 Å². The summed E-state index contributed by atoms with van der Waals surface area (Å²) in [5, 5.41) is 12.0. The molecule has 0 aliphatic carbocycles. The molecular formula is C63H69BCu2F4O2P4Se+4. The molecule has 0 heterocycles. The summed E-state index contributed by atoms with van der Waals surface area (Å²) in [6.07, 6.45) is 0. The molecule has 9 aromatic rings. The van der Waals surface area contributed by atoms with Crippen LogP contribution in [-0.2, 0) is 43.7 Å². The third-order valence-electron chi connectivity index (χ3n) is 10.8. The summed E-state index contributed by atoms with van der Waals surface area (Å²) >= 11 is 2.90. The second-order valence-electron chi connectivity index (χ2n) is 16.7. The molecule has 0 fully saturated rings. The van der Waals surface area contributed by atoms with E-state index in [9.17, 15) is 22.1 Å². The summed E-state index contributed by atoms with van der Waals surface area (Å²) in [4.78, 5) is 9.44. The van der Waals surface area contributed by atoms with E-state index in [0.717, 1.165) is 13.2 Å². The standard InChI is InChI=1S/2C25H22P2.C6H6Se.C4H10O.C3H6O.BF4.2Cu/c2*1-5-13-22(14-6-1)26(23-15-7-2-8-16-23)21-27(24-17-9-3-10-18-24)25-19-11-4-12-20-25;7-6-4-2-1-3-5-6;1-3-5-4-2;1-3(2)4;2-1(3,4)5;;/h2*1-20H,21H2;1-5,7H;3-4H2,1-2H3;1-2H3;;;/q;;;;;-1;2*+1/p+3. The number of ether oxygens (including phenoxy) is 1. The average Bonchev–Trinajstić information content (AvgIpc) is 3.44. The van der Waals surface area contributed by atoms with Gasteiger partial charge < -0.3 is 26.8 Å². The molecule has 0 atom stereocenters. The maximum atomic E-state index is 9.75. The number of rotatable bonds is 14. The molecule has 0 bridgehead atoms. The Hall–Kier alpha value is -4.33. The normalized spacial score (nSPS) is 10.2. The van der Waals surface area contributed by atoms with Crippen LogP contribution in [0, 0.1) is 0 Å². The van der Waals surface area contributed by atoms with Crippen LogP contribution in [0.1, 0.15) is 27.7 Å². The van der Waals surface area contributed by atoms with Crippen LogP contribution in [0.25, 0.3) is 0 Å². The Kier molecular flexibility index (Phi) is 36.4. The van der Waals surface area contributed by atoms with Gasteiger partial charge in [0.2, 0.25) is 0 Å². The Labute approximate surface area is 490 Å². The molecule has 0 spiro atoms. The molecule has 0 amide bonds. The molecule has 9 aromatic carbocycles. The Bertz CT molecular complexity index is 2340.